The smallest absolute Gasteiger partial charge is 0.253 e. The van der Waals surface area contributed by atoms with Crippen LogP contribution in [0, 0.1) is 13.8 Å². The largest absolute Gasteiger partial charge is 0.444 e. The number of amides is 1. The second-order valence-corrected chi connectivity index (χ2v) is 6.52. The van der Waals surface area contributed by atoms with Crippen molar-refractivity contribution in [2.45, 2.75) is 33.7 Å². The highest BCUT2D eigenvalue weighted by Crippen LogP contribution is 2.09. The number of aromatic nitrogens is 1. The van der Waals surface area contributed by atoms with Crippen molar-refractivity contribution in [1.82, 2.24) is 20.5 Å². The first-order chi connectivity index (χ1) is 12.9. The highest BCUT2D eigenvalue weighted by atomic mass is 16.4. The van der Waals surface area contributed by atoms with E-state index in [1.54, 1.807) is 19.0 Å². The lowest BCUT2D eigenvalue weighted by molar-refractivity contribution is 0.0827. The van der Waals surface area contributed by atoms with Gasteiger partial charge in [-0.2, -0.15) is 0 Å². The Morgan fingerprint density at radius 1 is 1.26 bits per heavy atom. The van der Waals surface area contributed by atoms with Crippen LogP contribution in [0.2, 0.25) is 0 Å². The summed E-state index contributed by atoms with van der Waals surface area (Å²) >= 11 is 0. The van der Waals surface area contributed by atoms with Crippen LogP contribution < -0.4 is 10.6 Å². The minimum absolute atomic E-state index is 0.0104. The Kier molecular flexibility index (Phi) is 7.40. The lowest BCUT2D eigenvalue weighted by Gasteiger charge is -2.13. The number of benzene rings is 1. The molecule has 0 saturated carbocycles. The highest BCUT2D eigenvalue weighted by Gasteiger charge is 2.08. The van der Waals surface area contributed by atoms with E-state index in [1.165, 1.54) is 0 Å². The number of carbonyl (C=O) groups is 1. The fourth-order valence-corrected chi connectivity index (χ4v) is 2.54. The average Bonchev–Trinajstić information content (AvgIpc) is 2.97. The molecule has 7 heteroatoms. The van der Waals surface area contributed by atoms with Crippen LogP contribution in [0.4, 0.5) is 0 Å². The summed E-state index contributed by atoms with van der Waals surface area (Å²) in [6.45, 7) is 7.69. The minimum Gasteiger partial charge on any atom is -0.444 e. The van der Waals surface area contributed by atoms with Crippen molar-refractivity contribution in [3.05, 3.63) is 52.7 Å². The first kappa shape index (κ1) is 20.5. The number of aliphatic imine (C=N–C) groups is 1. The maximum atomic E-state index is 12.1. The van der Waals surface area contributed by atoms with Gasteiger partial charge in [-0.15, -0.1) is 0 Å². The Labute approximate surface area is 160 Å². The summed E-state index contributed by atoms with van der Waals surface area (Å²) < 4.78 is 5.56. The van der Waals surface area contributed by atoms with Crippen molar-refractivity contribution >= 4 is 11.9 Å². The molecule has 1 aromatic heterocycles. The third kappa shape index (κ3) is 6.13. The van der Waals surface area contributed by atoms with Gasteiger partial charge in [-0.25, -0.2) is 9.98 Å². The van der Waals surface area contributed by atoms with E-state index >= 15 is 0 Å². The van der Waals surface area contributed by atoms with E-state index in [0.29, 0.717) is 30.5 Å². The fourth-order valence-electron chi connectivity index (χ4n) is 2.54. The first-order valence-corrected chi connectivity index (χ1v) is 9.16. The van der Waals surface area contributed by atoms with Gasteiger partial charge in [-0.3, -0.25) is 4.79 Å². The van der Waals surface area contributed by atoms with Crippen LogP contribution in [0.1, 0.15) is 40.2 Å². The van der Waals surface area contributed by atoms with Gasteiger partial charge in [-0.1, -0.05) is 12.1 Å². The molecule has 0 bridgehead atoms. The van der Waals surface area contributed by atoms with Crippen LogP contribution in [-0.2, 0) is 13.0 Å². The number of hydrogen-bond donors (Lipinski definition) is 2. The fraction of sp³-hybridized carbons (Fsp3) is 0.450. The van der Waals surface area contributed by atoms with E-state index in [2.05, 4.69) is 20.6 Å². The molecule has 146 valence electrons. The van der Waals surface area contributed by atoms with Crippen LogP contribution in [-0.4, -0.2) is 48.9 Å². The van der Waals surface area contributed by atoms with E-state index in [-0.39, 0.29) is 5.91 Å². The van der Waals surface area contributed by atoms with Gasteiger partial charge >= 0.3 is 0 Å². The van der Waals surface area contributed by atoms with Crippen molar-refractivity contribution in [2.75, 3.05) is 27.2 Å². The molecular formula is C20H29N5O2. The average molecular weight is 371 g/mol. The molecule has 1 amide bonds. The molecule has 0 spiro atoms. The number of aryl methyl sites for hydroxylation is 2. The van der Waals surface area contributed by atoms with Gasteiger partial charge in [0.25, 0.3) is 5.91 Å². The first-order valence-electron chi connectivity index (χ1n) is 9.16. The van der Waals surface area contributed by atoms with Gasteiger partial charge in [-0.05, 0) is 44.9 Å². The Morgan fingerprint density at radius 2 is 2.04 bits per heavy atom. The molecule has 0 aliphatic rings. The predicted octanol–water partition coefficient (Wildman–Crippen LogP) is 2.29. The lowest BCUT2D eigenvalue weighted by atomic mass is 10.1. The Balaban J connectivity index is 1.93. The van der Waals surface area contributed by atoms with Crippen LogP contribution in [0.25, 0.3) is 0 Å². The quantitative estimate of drug-likeness (QED) is 0.576. The Hall–Kier alpha value is -2.83. The number of guanidine groups is 1. The van der Waals surface area contributed by atoms with Crippen LogP contribution in [0.15, 0.2) is 33.7 Å². The third-order valence-electron chi connectivity index (χ3n) is 4.08. The predicted molar refractivity (Wildman–Crippen MR) is 107 cm³/mol. The van der Waals surface area contributed by atoms with Gasteiger partial charge in [0.15, 0.2) is 5.96 Å². The van der Waals surface area contributed by atoms with Gasteiger partial charge in [0.1, 0.15) is 12.3 Å². The third-order valence-corrected chi connectivity index (χ3v) is 4.08. The number of nitrogens with zero attached hydrogens (tertiary/aromatic N) is 3. The molecular weight excluding hydrogens is 342 g/mol. The number of rotatable bonds is 7. The molecule has 0 atom stereocenters. The van der Waals surface area contributed by atoms with Crippen LogP contribution >= 0.6 is 0 Å². The Morgan fingerprint density at radius 3 is 2.67 bits per heavy atom. The van der Waals surface area contributed by atoms with E-state index in [4.69, 9.17) is 4.42 Å². The second kappa shape index (κ2) is 9.75. The van der Waals surface area contributed by atoms with Crippen molar-refractivity contribution < 1.29 is 9.21 Å². The molecule has 2 aromatic rings. The second-order valence-electron chi connectivity index (χ2n) is 6.52. The summed E-state index contributed by atoms with van der Waals surface area (Å²) in [5.41, 5.74) is 2.70. The van der Waals surface area contributed by atoms with E-state index in [0.717, 1.165) is 30.0 Å². The molecule has 27 heavy (non-hydrogen) atoms. The summed E-state index contributed by atoms with van der Waals surface area (Å²) in [6.07, 6.45) is 0.788. The number of nitrogens with one attached hydrogen (secondary N) is 2. The summed E-state index contributed by atoms with van der Waals surface area (Å²) in [6, 6.07) is 7.71. The number of hydrogen-bond acceptors (Lipinski definition) is 4. The van der Waals surface area contributed by atoms with Crippen molar-refractivity contribution in [1.29, 1.82) is 0 Å². The van der Waals surface area contributed by atoms with Crippen LogP contribution in [0.5, 0.6) is 0 Å². The lowest BCUT2D eigenvalue weighted by Crippen LogP contribution is -2.38. The minimum atomic E-state index is 0.0104. The summed E-state index contributed by atoms with van der Waals surface area (Å²) in [4.78, 5) is 22.5. The zero-order valence-corrected chi connectivity index (χ0v) is 16.8. The maximum Gasteiger partial charge on any atom is 0.253 e. The van der Waals surface area contributed by atoms with Crippen molar-refractivity contribution in [3.8, 4) is 0 Å². The maximum absolute atomic E-state index is 12.1. The topological polar surface area (TPSA) is 82.8 Å². The molecule has 2 rings (SSSR count). The summed E-state index contributed by atoms with van der Waals surface area (Å²) in [5, 5.41) is 6.52. The van der Waals surface area contributed by atoms with Gasteiger partial charge in [0.2, 0.25) is 5.89 Å². The SMILES string of the molecule is CCNC(=NCc1nc(C)c(C)o1)NCCc1cccc(C(=O)N(C)C)c1. The molecule has 0 aliphatic carbocycles. The normalized spacial score (nSPS) is 11.4. The molecule has 7 nitrogen and oxygen atoms in total. The van der Waals surface area contributed by atoms with E-state index in [9.17, 15) is 4.79 Å². The molecule has 0 fully saturated rings. The molecule has 0 unspecified atom stereocenters. The molecule has 0 saturated heterocycles. The van der Waals surface area contributed by atoms with Gasteiger partial charge in [0, 0.05) is 32.7 Å². The Bertz CT molecular complexity index is 776. The molecule has 1 heterocycles. The van der Waals surface area contributed by atoms with Crippen molar-refractivity contribution in [2.24, 2.45) is 4.99 Å². The standard InChI is InChI=1S/C20H29N5O2/c1-6-21-20(23-13-18-24-14(2)15(3)27-18)22-11-10-16-8-7-9-17(12-16)19(26)25(4)5/h7-9,12H,6,10-11,13H2,1-5H3,(H2,21,22,23). The monoisotopic (exact) mass is 371 g/mol. The number of carbonyl (C=O) groups excluding carboxylic acids is 1. The van der Waals surface area contributed by atoms with E-state index < -0.39 is 0 Å². The van der Waals surface area contributed by atoms with Crippen LogP contribution in [0.3, 0.4) is 0 Å². The van der Waals surface area contributed by atoms with E-state index in [1.807, 2.05) is 45.0 Å². The zero-order valence-electron chi connectivity index (χ0n) is 16.8. The molecule has 0 aliphatic heterocycles. The summed E-state index contributed by atoms with van der Waals surface area (Å²) in [7, 11) is 3.51. The van der Waals surface area contributed by atoms with Gasteiger partial charge < -0.3 is 20.0 Å². The zero-order chi connectivity index (χ0) is 19.8. The summed E-state index contributed by atoms with van der Waals surface area (Å²) in [5.74, 6) is 2.16. The van der Waals surface area contributed by atoms with Gasteiger partial charge in [0.05, 0.1) is 5.69 Å². The highest BCUT2D eigenvalue weighted by molar-refractivity contribution is 5.94. The molecule has 1 aromatic carbocycles. The van der Waals surface area contributed by atoms with Crippen molar-refractivity contribution in [3.63, 3.8) is 0 Å². The molecule has 0 radical (unpaired) electrons. The molecule has 2 N–H and O–H groups in total. The number of oxazole rings is 1.